The van der Waals surface area contributed by atoms with E-state index in [0.717, 1.165) is 10.9 Å². The van der Waals surface area contributed by atoms with Crippen molar-refractivity contribution < 1.29 is 9.53 Å². The molecule has 2 rings (SSSR count). The summed E-state index contributed by atoms with van der Waals surface area (Å²) in [5.74, 6) is -0.607. The van der Waals surface area contributed by atoms with E-state index in [4.69, 9.17) is 0 Å². The Kier molecular flexibility index (Phi) is 2.48. The summed E-state index contributed by atoms with van der Waals surface area (Å²) in [6.07, 6.45) is 0. The third-order valence-corrected chi connectivity index (χ3v) is 2.57. The molecule has 0 unspecified atom stereocenters. The van der Waals surface area contributed by atoms with Gasteiger partial charge in [-0.2, -0.15) is 0 Å². The van der Waals surface area contributed by atoms with Crippen molar-refractivity contribution in [3.05, 3.63) is 45.7 Å². The van der Waals surface area contributed by atoms with E-state index in [9.17, 15) is 9.59 Å². The van der Waals surface area contributed by atoms with E-state index >= 15 is 0 Å². The zero-order chi connectivity index (χ0) is 11.7. The number of aryl methyl sites for hydroxylation is 1. The molecule has 0 saturated heterocycles. The molecule has 2 aromatic rings. The van der Waals surface area contributed by atoms with Crippen LogP contribution in [0, 0.1) is 6.92 Å². The van der Waals surface area contributed by atoms with Crippen molar-refractivity contribution >= 4 is 16.9 Å². The molecule has 0 aliphatic rings. The van der Waals surface area contributed by atoms with E-state index in [2.05, 4.69) is 9.72 Å². The van der Waals surface area contributed by atoms with E-state index < -0.39 is 11.5 Å². The molecule has 1 heterocycles. The molecule has 0 aliphatic heterocycles. The molecular formula is C12H11NO3. The molecule has 0 aliphatic carbocycles. The van der Waals surface area contributed by atoms with Crippen LogP contribution >= 0.6 is 0 Å². The zero-order valence-corrected chi connectivity index (χ0v) is 9.03. The van der Waals surface area contributed by atoms with Crippen LogP contribution < -0.4 is 5.56 Å². The number of para-hydroxylation sites is 1. The van der Waals surface area contributed by atoms with Crippen molar-refractivity contribution in [3.8, 4) is 0 Å². The van der Waals surface area contributed by atoms with Crippen molar-refractivity contribution in [1.29, 1.82) is 0 Å². The minimum atomic E-state index is -0.607. The summed E-state index contributed by atoms with van der Waals surface area (Å²) < 4.78 is 4.59. The highest BCUT2D eigenvalue weighted by Crippen LogP contribution is 2.17. The minimum Gasteiger partial charge on any atom is -0.465 e. The summed E-state index contributed by atoms with van der Waals surface area (Å²) in [5.41, 5.74) is 1.02. The third-order valence-electron chi connectivity index (χ3n) is 2.57. The van der Waals surface area contributed by atoms with Crippen LogP contribution in [0.5, 0.6) is 0 Å². The SMILES string of the molecule is COC(=O)c1c(C)c2ccccc2[nH]c1=O. The maximum absolute atomic E-state index is 11.7. The lowest BCUT2D eigenvalue weighted by Crippen LogP contribution is -2.20. The maximum atomic E-state index is 11.7. The number of aromatic amines is 1. The van der Waals surface area contributed by atoms with E-state index in [1.807, 2.05) is 18.2 Å². The monoisotopic (exact) mass is 217 g/mol. The van der Waals surface area contributed by atoms with Gasteiger partial charge >= 0.3 is 5.97 Å². The highest BCUT2D eigenvalue weighted by Gasteiger charge is 2.16. The van der Waals surface area contributed by atoms with Gasteiger partial charge in [0, 0.05) is 10.9 Å². The van der Waals surface area contributed by atoms with Gasteiger partial charge in [-0.15, -0.1) is 0 Å². The van der Waals surface area contributed by atoms with E-state index in [1.54, 1.807) is 13.0 Å². The van der Waals surface area contributed by atoms with E-state index in [-0.39, 0.29) is 5.56 Å². The first-order chi connectivity index (χ1) is 7.65. The number of rotatable bonds is 1. The topological polar surface area (TPSA) is 59.2 Å². The van der Waals surface area contributed by atoms with Gasteiger partial charge in [-0.3, -0.25) is 4.79 Å². The zero-order valence-electron chi connectivity index (χ0n) is 9.03. The van der Waals surface area contributed by atoms with Gasteiger partial charge in [-0.1, -0.05) is 18.2 Å². The molecule has 1 aromatic carbocycles. The van der Waals surface area contributed by atoms with Gasteiger partial charge in [0.05, 0.1) is 7.11 Å². The van der Waals surface area contributed by atoms with Crippen molar-refractivity contribution in [2.45, 2.75) is 6.92 Å². The number of esters is 1. The molecule has 1 N–H and O–H groups in total. The number of carbonyl (C=O) groups excluding carboxylic acids is 1. The average molecular weight is 217 g/mol. The normalized spacial score (nSPS) is 10.4. The molecule has 82 valence electrons. The van der Waals surface area contributed by atoms with Crippen LogP contribution in [-0.4, -0.2) is 18.1 Å². The molecule has 4 nitrogen and oxygen atoms in total. The van der Waals surface area contributed by atoms with Crippen LogP contribution in [-0.2, 0) is 4.74 Å². The Morgan fingerprint density at radius 3 is 2.69 bits per heavy atom. The Hall–Kier alpha value is -2.10. The summed E-state index contributed by atoms with van der Waals surface area (Å²) >= 11 is 0. The summed E-state index contributed by atoms with van der Waals surface area (Å²) in [6.45, 7) is 1.74. The lowest BCUT2D eigenvalue weighted by Gasteiger charge is -2.06. The van der Waals surface area contributed by atoms with Gasteiger partial charge < -0.3 is 9.72 Å². The maximum Gasteiger partial charge on any atom is 0.343 e. The molecule has 0 saturated carbocycles. The van der Waals surface area contributed by atoms with Gasteiger partial charge in [0.2, 0.25) is 0 Å². The molecular weight excluding hydrogens is 206 g/mol. The number of carbonyl (C=O) groups is 1. The van der Waals surface area contributed by atoms with Gasteiger partial charge in [0.25, 0.3) is 5.56 Å². The number of nitrogens with one attached hydrogen (secondary N) is 1. The second kappa shape index (κ2) is 3.81. The van der Waals surface area contributed by atoms with Crippen molar-refractivity contribution in [2.24, 2.45) is 0 Å². The van der Waals surface area contributed by atoms with Gasteiger partial charge in [0.1, 0.15) is 5.56 Å². The van der Waals surface area contributed by atoms with Crippen molar-refractivity contribution in [2.75, 3.05) is 7.11 Å². The van der Waals surface area contributed by atoms with Crippen LogP contribution in [0.4, 0.5) is 0 Å². The third kappa shape index (κ3) is 1.48. The number of methoxy groups -OCH3 is 1. The fourth-order valence-corrected chi connectivity index (χ4v) is 1.76. The lowest BCUT2D eigenvalue weighted by atomic mass is 10.1. The molecule has 0 amide bonds. The van der Waals surface area contributed by atoms with Crippen LogP contribution in [0.1, 0.15) is 15.9 Å². The van der Waals surface area contributed by atoms with Crippen molar-refractivity contribution in [1.82, 2.24) is 4.98 Å². The largest absolute Gasteiger partial charge is 0.465 e. The van der Waals surface area contributed by atoms with Crippen molar-refractivity contribution in [3.63, 3.8) is 0 Å². The van der Waals surface area contributed by atoms with Crippen LogP contribution in [0.25, 0.3) is 10.9 Å². The standard InChI is InChI=1S/C12H11NO3/c1-7-8-5-3-4-6-9(8)13-11(14)10(7)12(15)16-2/h3-6H,1-2H3,(H,13,14). The van der Waals surface area contributed by atoms with Crippen LogP contribution in [0.3, 0.4) is 0 Å². The molecule has 0 fully saturated rings. The van der Waals surface area contributed by atoms with E-state index in [1.165, 1.54) is 7.11 Å². The Morgan fingerprint density at radius 1 is 1.31 bits per heavy atom. The van der Waals surface area contributed by atoms with Crippen LogP contribution in [0.2, 0.25) is 0 Å². The number of pyridine rings is 1. The number of H-pyrrole nitrogens is 1. The van der Waals surface area contributed by atoms with Gasteiger partial charge in [0.15, 0.2) is 0 Å². The highest BCUT2D eigenvalue weighted by atomic mass is 16.5. The van der Waals surface area contributed by atoms with Crippen LogP contribution in [0.15, 0.2) is 29.1 Å². The second-order valence-electron chi connectivity index (χ2n) is 3.49. The molecule has 1 aromatic heterocycles. The lowest BCUT2D eigenvalue weighted by molar-refractivity contribution is 0.0598. The van der Waals surface area contributed by atoms with Gasteiger partial charge in [-0.25, -0.2) is 4.79 Å². The number of fused-ring (bicyclic) bond motifs is 1. The molecule has 0 spiro atoms. The second-order valence-corrected chi connectivity index (χ2v) is 3.49. The fourth-order valence-electron chi connectivity index (χ4n) is 1.76. The quantitative estimate of drug-likeness (QED) is 0.738. The molecule has 0 radical (unpaired) electrons. The predicted octanol–water partition coefficient (Wildman–Crippen LogP) is 1.62. The molecule has 16 heavy (non-hydrogen) atoms. The molecule has 4 heteroatoms. The molecule has 0 atom stereocenters. The first-order valence-electron chi connectivity index (χ1n) is 4.85. The first-order valence-corrected chi connectivity index (χ1v) is 4.85. The predicted molar refractivity (Wildman–Crippen MR) is 60.6 cm³/mol. The Balaban J connectivity index is 2.86. The first kappa shape index (κ1) is 10.4. The average Bonchev–Trinajstić information content (AvgIpc) is 2.28. The number of hydrogen-bond donors (Lipinski definition) is 1. The van der Waals surface area contributed by atoms with E-state index in [0.29, 0.717) is 5.56 Å². The Labute approximate surface area is 91.9 Å². The Bertz CT molecular complexity index is 613. The number of benzene rings is 1. The summed E-state index contributed by atoms with van der Waals surface area (Å²) in [4.78, 5) is 25.8. The Morgan fingerprint density at radius 2 is 2.00 bits per heavy atom. The number of hydrogen-bond acceptors (Lipinski definition) is 3. The summed E-state index contributed by atoms with van der Waals surface area (Å²) in [7, 11) is 1.26. The summed E-state index contributed by atoms with van der Waals surface area (Å²) in [6, 6.07) is 7.34. The molecule has 0 bridgehead atoms. The minimum absolute atomic E-state index is 0.0706. The smallest absolute Gasteiger partial charge is 0.343 e. The summed E-state index contributed by atoms with van der Waals surface area (Å²) in [5, 5.41) is 0.850. The van der Waals surface area contributed by atoms with Gasteiger partial charge in [-0.05, 0) is 18.6 Å². The highest BCUT2D eigenvalue weighted by molar-refractivity contribution is 5.96. The number of aromatic nitrogens is 1. The fraction of sp³-hybridized carbons (Fsp3) is 0.167. The number of ether oxygens (including phenoxy) is 1.